The number of nitrogens with one attached hydrogen (secondary N) is 1. The van der Waals surface area contributed by atoms with Gasteiger partial charge in [-0.1, -0.05) is 39.2 Å². The van der Waals surface area contributed by atoms with E-state index in [1.165, 1.54) is 37.7 Å². The van der Waals surface area contributed by atoms with Gasteiger partial charge < -0.3 is 10.2 Å². The van der Waals surface area contributed by atoms with Crippen LogP contribution in [-0.4, -0.2) is 24.6 Å². The first kappa shape index (κ1) is 16.3. The zero-order valence-electron chi connectivity index (χ0n) is 14.2. The SMILES string of the molecule is Cc1nc(N(C)CC2CCCCC2)ccc1CNC(C)C. The van der Waals surface area contributed by atoms with Crippen molar-refractivity contribution in [1.29, 1.82) is 0 Å². The normalized spacial score (nSPS) is 16.4. The smallest absolute Gasteiger partial charge is 0.128 e. The van der Waals surface area contributed by atoms with Gasteiger partial charge in [0.15, 0.2) is 0 Å². The topological polar surface area (TPSA) is 28.2 Å². The number of rotatable bonds is 6. The van der Waals surface area contributed by atoms with Gasteiger partial charge in [-0.05, 0) is 37.3 Å². The molecule has 0 aromatic carbocycles. The van der Waals surface area contributed by atoms with E-state index in [2.05, 4.69) is 50.2 Å². The molecule has 1 aromatic rings. The van der Waals surface area contributed by atoms with Crippen LogP contribution >= 0.6 is 0 Å². The molecule has 0 radical (unpaired) electrons. The molecular formula is C18H31N3. The zero-order valence-corrected chi connectivity index (χ0v) is 14.2. The van der Waals surface area contributed by atoms with Crippen LogP contribution in [0.5, 0.6) is 0 Å². The van der Waals surface area contributed by atoms with Gasteiger partial charge in [0.1, 0.15) is 5.82 Å². The summed E-state index contributed by atoms with van der Waals surface area (Å²) < 4.78 is 0. The molecule has 3 heteroatoms. The molecule has 1 N–H and O–H groups in total. The molecule has 1 saturated carbocycles. The fourth-order valence-corrected chi connectivity index (χ4v) is 3.14. The first-order valence-electron chi connectivity index (χ1n) is 8.47. The summed E-state index contributed by atoms with van der Waals surface area (Å²) in [6.45, 7) is 8.53. The lowest BCUT2D eigenvalue weighted by atomic mass is 9.89. The average molecular weight is 289 g/mol. The highest BCUT2D eigenvalue weighted by molar-refractivity contribution is 5.41. The summed E-state index contributed by atoms with van der Waals surface area (Å²) in [5.41, 5.74) is 2.45. The van der Waals surface area contributed by atoms with E-state index >= 15 is 0 Å². The van der Waals surface area contributed by atoms with Crippen molar-refractivity contribution in [2.75, 3.05) is 18.5 Å². The van der Waals surface area contributed by atoms with Crippen molar-refractivity contribution in [3.05, 3.63) is 23.4 Å². The lowest BCUT2D eigenvalue weighted by Crippen LogP contribution is -2.28. The highest BCUT2D eigenvalue weighted by Crippen LogP contribution is 2.25. The van der Waals surface area contributed by atoms with E-state index < -0.39 is 0 Å². The molecule has 1 aromatic heterocycles. The predicted octanol–water partition coefficient (Wildman–Crippen LogP) is 3.90. The molecule has 0 unspecified atom stereocenters. The summed E-state index contributed by atoms with van der Waals surface area (Å²) >= 11 is 0. The Bertz CT molecular complexity index is 436. The van der Waals surface area contributed by atoms with Crippen molar-refractivity contribution < 1.29 is 0 Å². The Balaban J connectivity index is 1.94. The average Bonchev–Trinajstić information content (AvgIpc) is 2.46. The number of aromatic nitrogens is 1. The van der Waals surface area contributed by atoms with Crippen molar-refractivity contribution >= 4 is 5.82 Å². The summed E-state index contributed by atoms with van der Waals surface area (Å²) in [7, 11) is 2.18. The molecule has 0 spiro atoms. The fraction of sp³-hybridized carbons (Fsp3) is 0.722. The van der Waals surface area contributed by atoms with Crippen LogP contribution in [0.25, 0.3) is 0 Å². The van der Waals surface area contributed by atoms with E-state index in [4.69, 9.17) is 4.98 Å². The van der Waals surface area contributed by atoms with E-state index in [1.807, 2.05) is 0 Å². The predicted molar refractivity (Wildman–Crippen MR) is 90.8 cm³/mol. The number of pyridine rings is 1. The first-order chi connectivity index (χ1) is 10.1. The number of anilines is 1. The lowest BCUT2D eigenvalue weighted by molar-refractivity contribution is 0.361. The van der Waals surface area contributed by atoms with Crippen molar-refractivity contribution in [1.82, 2.24) is 10.3 Å². The number of hydrogen-bond acceptors (Lipinski definition) is 3. The summed E-state index contributed by atoms with van der Waals surface area (Å²) in [4.78, 5) is 7.14. The van der Waals surface area contributed by atoms with Crippen molar-refractivity contribution in [3.63, 3.8) is 0 Å². The van der Waals surface area contributed by atoms with Crippen LogP contribution in [0.3, 0.4) is 0 Å². The molecule has 0 aliphatic heterocycles. The number of aryl methyl sites for hydroxylation is 1. The van der Waals surface area contributed by atoms with E-state index in [-0.39, 0.29) is 0 Å². The van der Waals surface area contributed by atoms with E-state index in [0.29, 0.717) is 6.04 Å². The lowest BCUT2D eigenvalue weighted by Gasteiger charge is -2.28. The van der Waals surface area contributed by atoms with Crippen LogP contribution in [0.15, 0.2) is 12.1 Å². The minimum Gasteiger partial charge on any atom is -0.359 e. The molecule has 0 amide bonds. The maximum Gasteiger partial charge on any atom is 0.128 e. The molecule has 0 atom stereocenters. The Morgan fingerprint density at radius 3 is 2.57 bits per heavy atom. The second-order valence-corrected chi connectivity index (χ2v) is 6.83. The van der Waals surface area contributed by atoms with E-state index in [9.17, 15) is 0 Å². The minimum atomic E-state index is 0.512. The van der Waals surface area contributed by atoms with Gasteiger partial charge in [0.05, 0.1) is 0 Å². The van der Waals surface area contributed by atoms with Crippen molar-refractivity contribution in [2.45, 2.75) is 65.5 Å². The van der Waals surface area contributed by atoms with Crippen molar-refractivity contribution in [2.24, 2.45) is 5.92 Å². The third-order valence-corrected chi connectivity index (χ3v) is 4.53. The molecule has 1 heterocycles. The molecule has 2 rings (SSSR count). The molecule has 118 valence electrons. The highest BCUT2D eigenvalue weighted by atomic mass is 15.2. The third-order valence-electron chi connectivity index (χ3n) is 4.53. The second-order valence-electron chi connectivity index (χ2n) is 6.83. The molecule has 0 bridgehead atoms. The Morgan fingerprint density at radius 1 is 1.24 bits per heavy atom. The Hall–Kier alpha value is -1.09. The van der Waals surface area contributed by atoms with Crippen LogP contribution < -0.4 is 10.2 Å². The molecule has 1 aliphatic carbocycles. The summed E-state index contributed by atoms with van der Waals surface area (Å²) in [6.07, 6.45) is 7.02. The monoisotopic (exact) mass is 289 g/mol. The third kappa shape index (κ3) is 4.99. The van der Waals surface area contributed by atoms with E-state index in [1.54, 1.807) is 0 Å². The van der Waals surface area contributed by atoms with Gasteiger partial charge in [-0.25, -0.2) is 4.98 Å². The second kappa shape index (κ2) is 7.79. The molecular weight excluding hydrogens is 258 g/mol. The Kier molecular flexibility index (Phi) is 6.04. The van der Waals surface area contributed by atoms with Gasteiger partial charge in [0.25, 0.3) is 0 Å². The van der Waals surface area contributed by atoms with Gasteiger partial charge in [0.2, 0.25) is 0 Å². The van der Waals surface area contributed by atoms with Gasteiger partial charge in [-0.2, -0.15) is 0 Å². The summed E-state index contributed by atoms with van der Waals surface area (Å²) in [5, 5.41) is 3.46. The zero-order chi connectivity index (χ0) is 15.2. The number of hydrogen-bond donors (Lipinski definition) is 1. The maximum absolute atomic E-state index is 4.80. The van der Waals surface area contributed by atoms with Crippen LogP contribution in [0.1, 0.15) is 57.2 Å². The standard InChI is InChI=1S/C18H31N3/c1-14(2)19-12-17-10-11-18(20-15(17)3)21(4)13-16-8-6-5-7-9-16/h10-11,14,16,19H,5-9,12-13H2,1-4H3. The minimum absolute atomic E-state index is 0.512. The molecule has 0 saturated heterocycles. The Labute approximate surface area is 130 Å². The summed E-state index contributed by atoms with van der Waals surface area (Å²) in [5.74, 6) is 1.97. The quantitative estimate of drug-likeness (QED) is 0.860. The van der Waals surface area contributed by atoms with Gasteiger partial charge in [0, 0.05) is 31.9 Å². The van der Waals surface area contributed by atoms with Crippen molar-refractivity contribution in [3.8, 4) is 0 Å². The van der Waals surface area contributed by atoms with Crippen LogP contribution in [-0.2, 0) is 6.54 Å². The largest absolute Gasteiger partial charge is 0.359 e. The summed E-state index contributed by atoms with van der Waals surface area (Å²) in [6, 6.07) is 4.91. The van der Waals surface area contributed by atoms with Crippen LogP contribution in [0.4, 0.5) is 5.82 Å². The van der Waals surface area contributed by atoms with Crippen LogP contribution in [0.2, 0.25) is 0 Å². The fourth-order valence-electron chi connectivity index (χ4n) is 3.14. The first-order valence-corrected chi connectivity index (χ1v) is 8.47. The van der Waals surface area contributed by atoms with Gasteiger partial charge in [-0.15, -0.1) is 0 Å². The van der Waals surface area contributed by atoms with Crippen LogP contribution in [0, 0.1) is 12.8 Å². The molecule has 1 fully saturated rings. The van der Waals surface area contributed by atoms with Gasteiger partial charge >= 0.3 is 0 Å². The highest BCUT2D eigenvalue weighted by Gasteiger charge is 2.16. The Morgan fingerprint density at radius 2 is 1.95 bits per heavy atom. The maximum atomic E-state index is 4.80. The van der Waals surface area contributed by atoms with E-state index in [0.717, 1.165) is 30.5 Å². The molecule has 21 heavy (non-hydrogen) atoms. The molecule has 3 nitrogen and oxygen atoms in total. The van der Waals surface area contributed by atoms with Gasteiger partial charge in [-0.3, -0.25) is 0 Å². The number of nitrogens with zero attached hydrogens (tertiary/aromatic N) is 2. The molecule has 1 aliphatic rings.